The Hall–Kier alpha value is 0.780. The molecule has 0 fully saturated rings. The fraction of sp³-hybridized carbons (Fsp3) is 1.00. The van der Waals surface area contributed by atoms with Gasteiger partial charge in [0.2, 0.25) is 0 Å². The third-order valence-corrected chi connectivity index (χ3v) is 2.61. The summed E-state index contributed by atoms with van der Waals surface area (Å²) in [5, 5.41) is 8.76. The molecule has 2 unspecified atom stereocenters. The van der Waals surface area contributed by atoms with Crippen LogP contribution in [0.2, 0.25) is 0 Å². The van der Waals surface area contributed by atoms with Crippen LogP contribution in [-0.2, 0) is 0 Å². The van der Waals surface area contributed by atoms with Gasteiger partial charge >= 0.3 is 0 Å². The van der Waals surface area contributed by atoms with E-state index in [1.165, 1.54) is 19.3 Å². The molecule has 0 saturated carbocycles. The van der Waals surface area contributed by atoms with Gasteiger partial charge in [-0.25, -0.2) is 0 Å². The van der Waals surface area contributed by atoms with Crippen molar-refractivity contribution in [2.45, 2.75) is 51.5 Å². The highest BCUT2D eigenvalue weighted by atomic mass is 31.1. The van der Waals surface area contributed by atoms with E-state index in [0.29, 0.717) is 0 Å². The Morgan fingerprint density at radius 1 is 1.13 bits per heavy atom. The maximum atomic E-state index is 9.44. The van der Waals surface area contributed by atoms with E-state index < -0.39 is 5.08 Å². The summed E-state index contributed by atoms with van der Waals surface area (Å²) < 4.78 is 0. The molecule has 2 atom stereocenters. The monoisotopic (exact) mass is 253 g/mol. The molecule has 0 radical (unpaired) electrons. The van der Waals surface area contributed by atoms with Crippen LogP contribution >= 0.6 is 18.5 Å². The average Bonchev–Trinajstić information content (AvgIpc) is 2.17. The summed E-state index contributed by atoms with van der Waals surface area (Å²) in [6.45, 7) is 8.30. The highest BCUT2D eigenvalue weighted by Gasteiger charge is 2.13. The van der Waals surface area contributed by atoms with E-state index in [2.05, 4.69) is 37.4 Å². The summed E-state index contributed by atoms with van der Waals surface area (Å²) in [5.74, 6) is 0. The van der Waals surface area contributed by atoms with Crippen molar-refractivity contribution in [1.82, 2.24) is 4.90 Å². The normalized spacial score (nSPS) is 11.2. The summed E-state index contributed by atoms with van der Waals surface area (Å²) in [5.41, 5.74) is 0. The van der Waals surface area contributed by atoms with Crippen LogP contribution in [0.15, 0.2) is 0 Å². The Kier molecular flexibility index (Phi) is 13.6. The summed E-state index contributed by atoms with van der Waals surface area (Å²) in [7, 11) is 6.97. The lowest BCUT2D eigenvalue weighted by Crippen LogP contribution is -2.25. The van der Waals surface area contributed by atoms with Gasteiger partial charge in [-0.15, -0.1) is 0 Å². The van der Waals surface area contributed by atoms with Gasteiger partial charge < -0.3 is 10.0 Å². The lowest BCUT2D eigenvalue weighted by atomic mass is 10.2. The quantitative estimate of drug-likeness (QED) is 0.557. The van der Waals surface area contributed by atoms with E-state index in [4.69, 9.17) is 0 Å². The van der Waals surface area contributed by atoms with E-state index in [1.54, 1.807) is 0 Å². The molecule has 0 bridgehead atoms. The number of nitrogens with zero attached hydrogens (tertiary/aromatic N) is 1. The predicted octanol–water partition coefficient (Wildman–Crippen LogP) is 2.92. The number of hydrogen-bond acceptors (Lipinski definition) is 2. The molecule has 15 heavy (non-hydrogen) atoms. The van der Waals surface area contributed by atoms with E-state index in [1.807, 2.05) is 13.8 Å². The molecule has 0 rings (SSSR count). The second-order valence-corrected chi connectivity index (χ2v) is 6.42. The van der Waals surface area contributed by atoms with E-state index >= 15 is 0 Å². The van der Waals surface area contributed by atoms with Gasteiger partial charge in [-0.3, -0.25) is 0 Å². The van der Waals surface area contributed by atoms with Crippen molar-refractivity contribution in [2.24, 2.45) is 0 Å². The highest BCUT2D eigenvalue weighted by Crippen LogP contribution is 2.26. The van der Waals surface area contributed by atoms with Gasteiger partial charge in [0.25, 0.3) is 0 Å². The second kappa shape index (κ2) is 11.3. The smallest absolute Gasteiger partial charge is 0.0917 e. The summed E-state index contributed by atoms with van der Waals surface area (Å²) in [4.78, 5) is 2.27. The summed E-state index contributed by atoms with van der Waals surface area (Å²) in [6, 6.07) is 0. The van der Waals surface area contributed by atoms with E-state index in [9.17, 15) is 5.11 Å². The third-order valence-electron chi connectivity index (χ3n) is 2.04. The molecular weight excluding hydrogens is 224 g/mol. The lowest BCUT2D eigenvalue weighted by molar-refractivity contribution is 0.191. The molecule has 0 heterocycles. The number of hydrogen-bond donors (Lipinski definition) is 1. The van der Waals surface area contributed by atoms with Gasteiger partial charge in [-0.1, -0.05) is 52.1 Å². The first-order chi connectivity index (χ1) is 6.95. The van der Waals surface area contributed by atoms with Crippen molar-refractivity contribution in [1.29, 1.82) is 0 Å². The molecule has 0 aromatic heterocycles. The Morgan fingerprint density at radius 2 is 1.67 bits per heavy atom. The molecule has 0 saturated heterocycles. The minimum atomic E-state index is -0.682. The van der Waals surface area contributed by atoms with Gasteiger partial charge in [-0.2, -0.15) is 0 Å². The molecule has 0 spiro atoms. The molecule has 0 aliphatic carbocycles. The Bertz CT molecular complexity index is 126. The molecule has 94 valence electrons. The fourth-order valence-electron chi connectivity index (χ4n) is 1.11. The van der Waals surface area contributed by atoms with Crippen molar-refractivity contribution >= 4 is 18.5 Å². The molecule has 2 nitrogen and oxygen atoms in total. The first-order valence-corrected chi connectivity index (χ1v) is 7.10. The summed E-state index contributed by atoms with van der Waals surface area (Å²) >= 11 is 0. The van der Waals surface area contributed by atoms with Crippen molar-refractivity contribution in [3.63, 3.8) is 0 Å². The van der Waals surface area contributed by atoms with E-state index in [-0.39, 0.29) is 0 Å². The minimum Gasteiger partial charge on any atom is -0.382 e. The standard InChI is InChI=1S/C9H23NOP2.C2H6/c1-3-4-5-7-10(2)8-6-9(11,12)13;1-2/h11H,3-8,12-13H2,1-2H3;1-2H3. The summed E-state index contributed by atoms with van der Waals surface area (Å²) in [6.07, 6.45) is 4.62. The van der Waals surface area contributed by atoms with Crippen LogP contribution in [0, 0.1) is 0 Å². The molecule has 0 aromatic rings. The maximum absolute atomic E-state index is 9.44. The molecule has 4 heteroatoms. The van der Waals surface area contributed by atoms with Gasteiger partial charge in [0, 0.05) is 6.54 Å². The Labute approximate surface area is 101 Å². The SMILES string of the molecule is CC.CCCCCN(C)CCC(O)(P)P. The van der Waals surface area contributed by atoms with Gasteiger partial charge in [0.15, 0.2) is 0 Å². The van der Waals surface area contributed by atoms with Gasteiger partial charge in [0.05, 0.1) is 5.08 Å². The molecule has 0 amide bonds. The van der Waals surface area contributed by atoms with Crippen LogP contribution in [0.1, 0.15) is 46.5 Å². The second-order valence-electron chi connectivity index (χ2n) is 3.75. The number of rotatable bonds is 7. The van der Waals surface area contributed by atoms with Crippen molar-refractivity contribution < 1.29 is 5.11 Å². The average molecular weight is 253 g/mol. The van der Waals surface area contributed by atoms with Crippen LogP contribution in [-0.4, -0.2) is 35.2 Å². The topological polar surface area (TPSA) is 23.5 Å². The van der Waals surface area contributed by atoms with Crippen LogP contribution < -0.4 is 0 Å². The van der Waals surface area contributed by atoms with Gasteiger partial charge in [0.1, 0.15) is 0 Å². The number of aliphatic hydroxyl groups is 1. The largest absolute Gasteiger partial charge is 0.382 e. The molecule has 0 aromatic carbocycles. The van der Waals surface area contributed by atoms with Crippen molar-refractivity contribution in [3.05, 3.63) is 0 Å². The molecule has 0 aliphatic heterocycles. The first kappa shape index (κ1) is 18.2. The van der Waals surface area contributed by atoms with Crippen LogP contribution in [0.5, 0.6) is 0 Å². The third kappa shape index (κ3) is 17.4. The molecule has 1 N–H and O–H groups in total. The lowest BCUT2D eigenvalue weighted by Gasteiger charge is -2.22. The molecule has 0 aliphatic rings. The predicted molar refractivity (Wildman–Crippen MR) is 77.4 cm³/mol. The minimum absolute atomic E-state index is 0.682. The first-order valence-electron chi connectivity index (χ1n) is 5.94. The highest BCUT2D eigenvalue weighted by molar-refractivity contribution is 7.39. The van der Waals surface area contributed by atoms with Crippen molar-refractivity contribution in [3.8, 4) is 0 Å². The van der Waals surface area contributed by atoms with Crippen molar-refractivity contribution in [2.75, 3.05) is 20.1 Å². The zero-order valence-corrected chi connectivity index (χ0v) is 13.1. The van der Waals surface area contributed by atoms with Crippen LogP contribution in [0.4, 0.5) is 0 Å². The number of unbranched alkanes of at least 4 members (excludes halogenated alkanes) is 2. The fourth-order valence-corrected chi connectivity index (χ4v) is 1.37. The van der Waals surface area contributed by atoms with E-state index in [0.717, 1.165) is 19.5 Å². The Morgan fingerprint density at radius 3 is 2.07 bits per heavy atom. The molecular formula is C11H29NOP2. The van der Waals surface area contributed by atoms with Crippen LogP contribution in [0.25, 0.3) is 0 Å². The van der Waals surface area contributed by atoms with Gasteiger partial charge in [-0.05, 0) is 26.4 Å². The van der Waals surface area contributed by atoms with Crippen LogP contribution in [0.3, 0.4) is 0 Å². The maximum Gasteiger partial charge on any atom is 0.0917 e. The Balaban J connectivity index is 0. The zero-order chi connectivity index (χ0) is 12.3. The zero-order valence-electron chi connectivity index (χ0n) is 10.8.